The summed E-state index contributed by atoms with van der Waals surface area (Å²) in [4.78, 5) is 21.4. The number of fused-ring (bicyclic) bond motifs is 2. The zero-order valence-electron chi connectivity index (χ0n) is 10.5. The molecule has 0 spiro atoms. The number of aliphatic carboxylic acids is 1. The number of carbonyl (C=O) groups excluding carboxylic acids is 1. The van der Waals surface area contributed by atoms with Crippen molar-refractivity contribution in [3.05, 3.63) is 12.2 Å². The van der Waals surface area contributed by atoms with Crippen LogP contribution in [0.5, 0.6) is 0 Å². The molecule has 4 heteroatoms. The number of allylic oxidation sites excluding steroid dienone is 2. The third-order valence-corrected chi connectivity index (χ3v) is 4.00. The molecule has 4 nitrogen and oxygen atoms in total. The molecule has 2 saturated heterocycles. The second-order valence-electron chi connectivity index (χ2n) is 5.15. The molecular formula is C14H20O4. The molecule has 2 fully saturated rings. The minimum atomic E-state index is -0.762. The third kappa shape index (κ3) is 2.99. The van der Waals surface area contributed by atoms with Crippen molar-refractivity contribution in [1.82, 2.24) is 0 Å². The van der Waals surface area contributed by atoms with Gasteiger partial charge in [-0.1, -0.05) is 12.2 Å². The van der Waals surface area contributed by atoms with Gasteiger partial charge in [-0.25, -0.2) is 0 Å². The fraction of sp³-hybridized carbons (Fsp3) is 0.714. The lowest BCUT2D eigenvalue weighted by Crippen LogP contribution is -2.28. The number of ether oxygens (including phenoxy) is 1. The van der Waals surface area contributed by atoms with E-state index >= 15 is 0 Å². The summed E-state index contributed by atoms with van der Waals surface area (Å²) in [7, 11) is 0. The summed E-state index contributed by atoms with van der Waals surface area (Å²) in [6.45, 7) is 0. The Morgan fingerprint density at radius 1 is 1.22 bits per heavy atom. The normalized spacial score (nSPS) is 34.2. The highest BCUT2D eigenvalue weighted by atomic mass is 16.5. The fourth-order valence-electron chi connectivity index (χ4n) is 3.11. The Morgan fingerprint density at radius 2 is 1.94 bits per heavy atom. The molecule has 2 aliphatic rings. The van der Waals surface area contributed by atoms with Crippen LogP contribution in [0.15, 0.2) is 12.2 Å². The molecule has 100 valence electrons. The van der Waals surface area contributed by atoms with Gasteiger partial charge in [-0.3, -0.25) is 4.79 Å². The summed E-state index contributed by atoms with van der Waals surface area (Å²) >= 11 is 0. The van der Waals surface area contributed by atoms with Crippen LogP contribution in [0.2, 0.25) is 0 Å². The van der Waals surface area contributed by atoms with Gasteiger partial charge >= 0.3 is 5.97 Å². The third-order valence-electron chi connectivity index (χ3n) is 4.00. The smallest absolute Gasteiger partial charge is 0.303 e. The molecule has 0 aromatic rings. The highest BCUT2D eigenvalue weighted by molar-refractivity contribution is 5.66. The largest absolute Gasteiger partial charge is 0.481 e. The first kappa shape index (κ1) is 13.3. The van der Waals surface area contributed by atoms with Gasteiger partial charge in [-0.15, -0.1) is 0 Å². The number of aldehydes is 1. The van der Waals surface area contributed by atoms with Crippen molar-refractivity contribution in [3.8, 4) is 0 Å². The van der Waals surface area contributed by atoms with E-state index in [1.54, 1.807) is 0 Å². The van der Waals surface area contributed by atoms with Crippen molar-refractivity contribution in [3.63, 3.8) is 0 Å². The van der Waals surface area contributed by atoms with Crippen LogP contribution in [0.1, 0.15) is 38.5 Å². The van der Waals surface area contributed by atoms with E-state index in [4.69, 9.17) is 9.84 Å². The average molecular weight is 252 g/mol. The SMILES string of the molecule is O=C[C@@H]1[C@H](CC/C=C\CCC(=O)O)[C@@H]2CC[C@H]1O2. The lowest BCUT2D eigenvalue weighted by Gasteiger charge is -2.23. The Bertz CT molecular complexity index is 337. The van der Waals surface area contributed by atoms with Gasteiger partial charge in [0.15, 0.2) is 0 Å². The summed E-state index contributed by atoms with van der Waals surface area (Å²) in [6.07, 6.45) is 10.2. The van der Waals surface area contributed by atoms with E-state index in [2.05, 4.69) is 0 Å². The predicted octanol–water partition coefficient (Wildman–Crippen LogP) is 2.18. The molecule has 18 heavy (non-hydrogen) atoms. The van der Waals surface area contributed by atoms with E-state index in [0.29, 0.717) is 12.3 Å². The number of hydrogen-bond acceptors (Lipinski definition) is 3. The first-order chi connectivity index (χ1) is 8.72. The lowest BCUT2D eigenvalue weighted by atomic mass is 9.78. The number of rotatable bonds is 7. The molecule has 0 aromatic carbocycles. The fourth-order valence-corrected chi connectivity index (χ4v) is 3.11. The molecule has 2 heterocycles. The number of hydrogen-bond donors (Lipinski definition) is 1. The van der Waals surface area contributed by atoms with Gasteiger partial charge in [0.25, 0.3) is 0 Å². The molecule has 2 bridgehead atoms. The van der Waals surface area contributed by atoms with Gasteiger partial charge in [-0.05, 0) is 38.0 Å². The Labute approximate surface area is 107 Å². The summed E-state index contributed by atoms with van der Waals surface area (Å²) in [5, 5.41) is 8.49. The van der Waals surface area contributed by atoms with Crippen LogP contribution in [-0.2, 0) is 14.3 Å². The summed E-state index contributed by atoms with van der Waals surface area (Å²) in [5.74, 6) is -0.316. The predicted molar refractivity (Wildman–Crippen MR) is 66.2 cm³/mol. The van der Waals surface area contributed by atoms with E-state index in [0.717, 1.165) is 32.0 Å². The van der Waals surface area contributed by atoms with Gasteiger partial charge in [0.05, 0.1) is 12.2 Å². The van der Waals surface area contributed by atoms with Crippen molar-refractivity contribution in [2.45, 2.75) is 50.7 Å². The molecule has 2 rings (SSSR count). The molecule has 1 N–H and O–H groups in total. The highest BCUT2D eigenvalue weighted by Crippen LogP contribution is 2.44. The van der Waals surface area contributed by atoms with Gasteiger partial charge < -0.3 is 14.6 Å². The summed E-state index contributed by atoms with van der Waals surface area (Å²) in [5.41, 5.74) is 0. The summed E-state index contributed by atoms with van der Waals surface area (Å²) < 4.78 is 5.76. The average Bonchev–Trinajstić information content (AvgIpc) is 2.93. The zero-order chi connectivity index (χ0) is 13.0. The maximum atomic E-state index is 11.1. The highest BCUT2D eigenvalue weighted by Gasteiger charge is 2.48. The molecule has 0 unspecified atom stereocenters. The van der Waals surface area contributed by atoms with E-state index < -0.39 is 5.97 Å². The molecule has 2 aliphatic heterocycles. The molecule has 0 amide bonds. The van der Waals surface area contributed by atoms with E-state index in [9.17, 15) is 9.59 Å². The molecular weight excluding hydrogens is 232 g/mol. The molecule has 0 saturated carbocycles. The van der Waals surface area contributed by atoms with Crippen molar-refractivity contribution in [2.75, 3.05) is 0 Å². The van der Waals surface area contributed by atoms with Crippen molar-refractivity contribution in [2.24, 2.45) is 11.8 Å². The first-order valence-corrected chi connectivity index (χ1v) is 6.70. The van der Waals surface area contributed by atoms with Gasteiger partial charge in [0, 0.05) is 12.3 Å². The van der Waals surface area contributed by atoms with Crippen LogP contribution >= 0.6 is 0 Å². The second kappa shape index (κ2) is 6.14. The Hall–Kier alpha value is -1.16. The minimum Gasteiger partial charge on any atom is -0.481 e. The van der Waals surface area contributed by atoms with E-state index in [1.807, 2.05) is 12.2 Å². The van der Waals surface area contributed by atoms with Gasteiger partial charge in [0.2, 0.25) is 0 Å². The van der Waals surface area contributed by atoms with E-state index in [1.165, 1.54) is 0 Å². The maximum Gasteiger partial charge on any atom is 0.303 e. The lowest BCUT2D eigenvalue weighted by molar-refractivity contribution is -0.136. The number of carboxylic acid groups (broad SMARTS) is 1. The Kier molecular flexibility index (Phi) is 4.53. The van der Waals surface area contributed by atoms with Crippen LogP contribution in [0.4, 0.5) is 0 Å². The number of carboxylic acids is 1. The molecule has 0 aliphatic carbocycles. The standard InChI is InChI=1S/C14H20O4/c15-9-11-10(12-7-8-13(11)18-12)5-3-1-2-4-6-14(16)17/h1-2,9-13H,3-8H2,(H,16,17)/b2-1-/t10-,11+,12-,13+/m0/s1. The first-order valence-electron chi connectivity index (χ1n) is 6.70. The van der Waals surface area contributed by atoms with Crippen LogP contribution in [0.25, 0.3) is 0 Å². The number of carbonyl (C=O) groups is 2. The van der Waals surface area contributed by atoms with E-state index in [-0.39, 0.29) is 24.5 Å². The van der Waals surface area contributed by atoms with Crippen LogP contribution in [0.3, 0.4) is 0 Å². The van der Waals surface area contributed by atoms with Crippen LogP contribution in [-0.4, -0.2) is 29.6 Å². The van der Waals surface area contributed by atoms with Crippen molar-refractivity contribution < 1.29 is 19.4 Å². The van der Waals surface area contributed by atoms with Crippen molar-refractivity contribution >= 4 is 12.3 Å². The topological polar surface area (TPSA) is 63.6 Å². The minimum absolute atomic E-state index is 0.0798. The monoisotopic (exact) mass is 252 g/mol. The molecule has 0 radical (unpaired) electrons. The Morgan fingerprint density at radius 3 is 2.67 bits per heavy atom. The zero-order valence-corrected chi connectivity index (χ0v) is 10.5. The quantitative estimate of drug-likeness (QED) is 0.557. The van der Waals surface area contributed by atoms with Crippen LogP contribution < -0.4 is 0 Å². The molecule has 4 atom stereocenters. The second-order valence-corrected chi connectivity index (χ2v) is 5.15. The maximum absolute atomic E-state index is 11.1. The Balaban J connectivity index is 1.70. The van der Waals surface area contributed by atoms with Crippen LogP contribution in [0, 0.1) is 11.8 Å². The van der Waals surface area contributed by atoms with Gasteiger partial charge in [-0.2, -0.15) is 0 Å². The van der Waals surface area contributed by atoms with Gasteiger partial charge in [0.1, 0.15) is 6.29 Å². The summed E-state index contributed by atoms with van der Waals surface area (Å²) in [6, 6.07) is 0. The molecule has 0 aromatic heterocycles. The van der Waals surface area contributed by atoms with Crippen molar-refractivity contribution in [1.29, 1.82) is 0 Å².